The SMILES string of the molecule is CCCN1C(C)(C)CNCC1(C)C. The quantitative estimate of drug-likeness (QED) is 0.704. The highest BCUT2D eigenvalue weighted by atomic mass is 15.3. The second kappa shape index (κ2) is 3.58. The van der Waals surface area contributed by atoms with Gasteiger partial charge in [-0.05, 0) is 40.7 Å². The minimum Gasteiger partial charge on any atom is -0.313 e. The third-order valence-electron chi connectivity index (χ3n) is 3.02. The van der Waals surface area contributed by atoms with Gasteiger partial charge in [0.2, 0.25) is 0 Å². The zero-order chi connectivity index (χ0) is 10.1. The summed E-state index contributed by atoms with van der Waals surface area (Å²) in [6.45, 7) is 15.0. The molecule has 1 N–H and O–H groups in total. The Labute approximate surface area is 82.7 Å². The predicted octanol–water partition coefficient (Wildman–Crippen LogP) is 1.86. The van der Waals surface area contributed by atoms with E-state index in [1.54, 1.807) is 0 Å². The highest BCUT2D eigenvalue weighted by Gasteiger charge is 2.40. The summed E-state index contributed by atoms with van der Waals surface area (Å²) in [4.78, 5) is 2.64. The molecule has 1 heterocycles. The van der Waals surface area contributed by atoms with Gasteiger partial charge in [-0.25, -0.2) is 0 Å². The Morgan fingerprint density at radius 2 is 1.54 bits per heavy atom. The fourth-order valence-electron chi connectivity index (χ4n) is 2.51. The summed E-state index contributed by atoms with van der Waals surface area (Å²) in [6.07, 6.45) is 1.24. The molecular weight excluding hydrogens is 160 g/mol. The van der Waals surface area contributed by atoms with E-state index in [4.69, 9.17) is 0 Å². The van der Waals surface area contributed by atoms with E-state index in [1.807, 2.05) is 0 Å². The highest BCUT2D eigenvalue weighted by Crippen LogP contribution is 2.28. The van der Waals surface area contributed by atoms with Gasteiger partial charge in [0.15, 0.2) is 0 Å². The monoisotopic (exact) mass is 184 g/mol. The Hall–Kier alpha value is -0.0800. The fraction of sp³-hybridized carbons (Fsp3) is 1.00. The second-order valence-corrected chi connectivity index (χ2v) is 5.38. The Bertz CT molecular complexity index is 157. The Balaban J connectivity index is 2.78. The van der Waals surface area contributed by atoms with E-state index < -0.39 is 0 Å². The van der Waals surface area contributed by atoms with Crippen LogP contribution in [-0.2, 0) is 0 Å². The average Bonchev–Trinajstić information content (AvgIpc) is 1.96. The maximum absolute atomic E-state index is 3.51. The molecule has 0 bridgehead atoms. The maximum atomic E-state index is 3.51. The van der Waals surface area contributed by atoms with Gasteiger partial charge in [-0.15, -0.1) is 0 Å². The van der Waals surface area contributed by atoms with Crippen LogP contribution in [0, 0.1) is 0 Å². The number of hydrogen-bond acceptors (Lipinski definition) is 2. The van der Waals surface area contributed by atoms with Crippen molar-refractivity contribution >= 4 is 0 Å². The summed E-state index contributed by atoms with van der Waals surface area (Å²) in [5.74, 6) is 0. The summed E-state index contributed by atoms with van der Waals surface area (Å²) >= 11 is 0. The van der Waals surface area contributed by atoms with Crippen molar-refractivity contribution in [1.29, 1.82) is 0 Å². The van der Waals surface area contributed by atoms with Gasteiger partial charge < -0.3 is 5.32 Å². The van der Waals surface area contributed by atoms with Crippen LogP contribution in [-0.4, -0.2) is 35.6 Å². The van der Waals surface area contributed by atoms with Crippen LogP contribution in [0.5, 0.6) is 0 Å². The molecule has 0 amide bonds. The van der Waals surface area contributed by atoms with Crippen LogP contribution in [0.4, 0.5) is 0 Å². The fourth-order valence-corrected chi connectivity index (χ4v) is 2.51. The van der Waals surface area contributed by atoms with E-state index in [1.165, 1.54) is 13.0 Å². The summed E-state index contributed by atoms with van der Waals surface area (Å²) in [7, 11) is 0. The standard InChI is InChI=1S/C11H24N2/c1-6-7-13-10(2,3)8-12-9-11(13,4)5/h12H,6-9H2,1-5H3. The molecule has 0 atom stereocenters. The van der Waals surface area contributed by atoms with Gasteiger partial charge in [0.25, 0.3) is 0 Å². The number of nitrogens with zero attached hydrogens (tertiary/aromatic N) is 1. The lowest BCUT2D eigenvalue weighted by Crippen LogP contribution is -2.67. The molecule has 0 saturated carbocycles. The van der Waals surface area contributed by atoms with Gasteiger partial charge in [0.05, 0.1) is 0 Å². The van der Waals surface area contributed by atoms with Gasteiger partial charge in [-0.1, -0.05) is 6.92 Å². The first kappa shape index (κ1) is 11.0. The van der Waals surface area contributed by atoms with Crippen molar-refractivity contribution in [2.75, 3.05) is 19.6 Å². The topological polar surface area (TPSA) is 15.3 Å². The van der Waals surface area contributed by atoms with Crippen molar-refractivity contribution in [3.8, 4) is 0 Å². The molecule has 13 heavy (non-hydrogen) atoms. The molecule has 0 aromatic heterocycles. The van der Waals surface area contributed by atoms with Crippen LogP contribution in [0.15, 0.2) is 0 Å². The first-order chi connectivity index (χ1) is 5.90. The molecule has 1 rings (SSSR count). The van der Waals surface area contributed by atoms with Gasteiger partial charge >= 0.3 is 0 Å². The van der Waals surface area contributed by atoms with Crippen molar-refractivity contribution in [2.24, 2.45) is 0 Å². The van der Waals surface area contributed by atoms with E-state index >= 15 is 0 Å². The van der Waals surface area contributed by atoms with Crippen LogP contribution < -0.4 is 5.32 Å². The Kier molecular flexibility index (Phi) is 3.03. The van der Waals surface area contributed by atoms with E-state index in [0.717, 1.165) is 13.1 Å². The van der Waals surface area contributed by atoms with Gasteiger partial charge in [-0.2, -0.15) is 0 Å². The van der Waals surface area contributed by atoms with Crippen LogP contribution in [0.2, 0.25) is 0 Å². The third-order valence-corrected chi connectivity index (χ3v) is 3.02. The molecule has 0 spiro atoms. The molecule has 0 unspecified atom stereocenters. The summed E-state index contributed by atoms with van der Waals surface area (Å²) in [6, 6.07) is 0. The largest absolute Gasteiger partial charge is 0.313 e. The van der Waals surface area contributed by atoms with Crippen molar-refractivity contribution < 1.29 is 0 Å². The summed E-state index contributed by atoms with van der Waals surface area (Å²) < 4.78 is 0. The summed E-state index contributed by atoms with van der Waals surface area (Å²) in [5, 5.41) is 3.51. The molecule has 78 valence electrons. The molecule has 1 fully saturated rings. The normalized spacial score (nSPS) is 27.5. The number of rotatable bonds is 2. The van der Waals surface area contributed by atoms with Gasteiger partial charge in [-0.3, -0.25) is 4.90 Å². The zero-order valence-electron chi connectivity index (χ0n) is 9.78. The minimum atomic E-state index is 0.303. The van der Waals surface area contributed by atoms with Crippen LogP contribution >= 0.6 is 0 Å². The number of piperazine rings is 1. The molecule has 1 aliphatic heterocycles. The summed E-state index contributed by atoms with van der Waals surface area (Å²) in [5.41, 5.74) is 0.607. The van der Waals surface area contributed by atoms with Crippen LogP contribution in [0.25, 0.3) is 0 Å². The molecule has 2 heteroatoms. The highest BCUT2D eigenvalue weighted by molar-refractivity contribution is 4.99. The van der Waals surface area contributed by atoms with E-state index in [-0.39, 0.29) is 0 Å². The van der Waals surface area contributed by atoms with Crippen molar-refractivity contribution in [2.45, 2.75) is 52.1 Å². The van der Waals surface area contributed by atoms with Gasteiger partial charge in [0, 0.05) is 24.2 Å². The first-order valence-electron chi connectivity index (χ1n) is 5.38. The zero-order valence-corrected chi connectivity index (χ0v) is 9.78. The van der Waals surface area contributed by atoms with E-state index in [0.29, 0.717) is 11.1 Å². The molecular formula is C11H24N2. The minimum absolute atomic E-state index is 0.303. The van der Waals surface area contributed by atoms with E-state index in [9.17, 15) is 0 Å². The Morgan fingerprint density at radius 1 is 1.08 bits per heavy atom. The van der Waals surface area contributed by atoms with E-state index in [2.05, 4.69) is 44.8 Å². The van der Waals surface area contributed by atoms with Crippen molar-refractivity contribution in [1.82, 2.24) is 10.2 Å². The number of nitrogens with one attached hydrogen (secondary N) is 1. The second-order valence-electron chi connectivity index (χ2n) is 5.38. The van der Waals surface area contributed by atoms with Crippen LogP contribution in [0.1, 0.15) is 41.0 Å². The van der Waals surface area contributed by atoms with Gasteiger partial charge in [0.1, 0.15) is 0 Å². The molecule has 1 aliphatic rings. The molecule has 1 saturated heterocycles. The first-order valence-corrected chi connectivity index (χ1v) is 5.38. The lowest BCUT2D eigenvalue weighted by Gasteiger charge is -2.53. The molecule has 2 nitrogen and oxygen atoms in total. The smallest absolute Gasteiger partial charge is 0.0283 e. The molecule has 0 radical (unpaired) electrons. The van der Waals surface area contributed by atoms with Crippen molar-refractivity contribution in [3.63, 3.8) is 0 Å². The molecule has 0 aromatic rings. The predicted molar refractivity (Wildman–Crippen MR) is 58.0 cm³/mol. The Morgan fingerprint density at radius 3 is 1.92 bits per heavy atom. The van der Waals surface area contributed by atoms with Crippen LogP contribution in [0.3, 0.4) is 0 Å². The van der Waals surface area contributed by atoms with Crippen molar-refractivity contribution in [3.05, 3.63) is 0 Å². The third kappa shape index (κ3) is 2.23. The maximum Gasteiger partial charge on any atom is 0.0283 e. The molecule has 0 aliphatic carbocycles. The molecule has 0 aromatic carbocycles. The lowest BCUT2D eigenvalue weighted by molar-refractivity contribution is -0.0126. The number of hydrogen-bond donors (Lipinski definition) is 1. The average molecular weight is 184 g/mol. The lowest BCUT2D eigenvalue weighted by atomic mass is 9.89.